The van der Waals surface area contributed by atoms with Crippen molar-refractivity contribution < 1.29 is 4.79 Å². The van der Waals surface area contributed by atoms with Crippen molar-refractivity contribution in [2.45, 2.75) is 41.5 Å². The first kappa shape index (κ1) is 17.7. The minimum absolute atomic E-state index is 0.0680. The van der Waals surface area contributed by atoms with Crippen LogP contribution in [0.25, 0.3) is 0 Å². The summed E-state index contributed by atoms with van der Waals surface area (Å²) >= 11 is 0. The van der Waals surface area contributed by atoms with Gasteiger partial charge in [-0.15, -0.1) is 0 Å². The van der Waals surface area contributed by atoms with Crippen LogP contribution >= 0.6 is 0 Å². The standard InChI is InChI=1S/C14H30N4O/c1-7-15-13(18-10-11(2)3)17-9-8-16-12(19)14(4,5)6/h11H,7-10H2,1-6H3,(H,16,19)(H2,15,17,18). The lowest BCUT2D eigenvalue weighted by Gasteiger charge is -2.18. The van der Waals surface area contributed by atoms with Crippen LogP contribution in [0, 0.1) is 11.3 Å². The Kier molecular flexibility index (Phi) is 8.19. The number of carbonyl (C=O) groups excluding carboxylic acids is 1. The van der Waals surface area contributed by atoms with E-state index in [2.05, 4.69) is 34.8 Å². The minimum atomic E-state index is -0.337. The lowest BCUT2D eigenvalue weighted by molar-refractivity contribution is -0.128. The van der Waals surface area contributed by atoms with E-state index >= 15 is 0 Å². The third-order valence-corrected chi connectivity index (χ3v) is 2.34. The molecule has 0 aliphatic carbocycles. The Morgan fingerprint density at radius 1 is 1.11 bits per heavy atom. The van der Waals surface area contributed by atoms with Crippen molar-refractivity contribution in [1.29, 1.82) is 0 Å². The maximum absolute atomic E-state index is 11.7. The molecule has 0 radical (unpaired) electrons. The van der Waals surface area contributed by atoms with E-state index in [4.69, 9.17) is 0 Å². The quantitative estimate of drug-likeness (QED) is 0.388. The van der Waals surface area contributed by atoms with Crippen molar-refractivity contribution in [3.05, 3.63) is 0 Å². The molecule has 0 aliphatic heterocycles. The molecule has 19 heavy (non-hydrogen) atoms. The molecule has 0 spiro atoms. The number of carbonyl (C=O) groups is 1. The van der Waals surface area contributed by atoms with Crippen molar-refractivity contribution in [2.75, 3.05) is 26.2 Å². The lowest BCUT2D eigenvalue weighted by atomic mass is 9.96. The number of nitrogens with zero attached hydrogens (tertiary/aromatic N) is 1. The molecule has 0 saturated carbocycles. The summed E-state index contributed by atoms with van der Waals surface area (Å²) in [5, 5.41) is 9.29. The second kappa shape index (κ2) is 8.77. The molecule has 3 N–H and O–H groups in total. The molecule has 5 heteroatoms. The number of hydrogen-bond donors (Lipinski definition) is 3. The maximum Gasteiger partial charge on any atom is 0.225 e. The van der Waals surface area contributed by atoms with E-state index < -0.39 is 0 Å². The van der Waals surface area contributed by atoms with E-state index in [9.17, 15) is 4.79 Å². The fourth-order valence-corrected chi connectivity index (χ4v) is 1.24. The molecule has 0 fully saturated rings. The first-order chi connectivity index (χ1) is 8.77. The predicted octanol–water partition coefficient (Wildman–Crippen LogP) is 1.36. The molecule has 0 aromatic rings. The zero-order valence-electron chi connectivity index (χ0n) is 13.3. The number of nitrogens with one attached hydrogen (secondary N) is 3. The first-order valence-corrected chi connectivity index (χ1v) is 7.07. The molecule has 0 aliphatic rings. The normalized spacial score (nSPS) is 12.5. The molecule has 0 rings (SSSR count). The number of guanidine groups is 1. The maximum atomic E-state index is 11.7. The highest BCUT2D eigenvalue weighted by Gasteiger charge is 2.20. The number of amides is 1. The Balaban J connectivity index is 4.00. The van der Waals surface area contributed by atoms with E-state index in [1.807, 2.05) is 27.7 Å². The second-order valence-corrected chi connectivity index (χ2v) is 6.05. The smallest absolute Gasteiger partial charge is 0.225 e. The summed E-state index contributed by atoms with van der Waals surface area (Å²) < 4.78 is 0. The van der Waals surface area contributed by atoms with Crippen molar-refractivity contribution in [2.24, 2.45) is 16.3 Å². The molecule has 0 aromatic heterocycles. The van der Waals surface area contributed by atoms with Crippen LogP contribution in [0.15, 0.2) is 4.99 Å². The van der Waals surface area contributed by atoms with Crippen LogP contribution in [0.3, 0.4) is 0 Å². The second-order valence-electron chi connectivity index (χ2n) is 6.05. The zero-order valence-corrected chi connectivity index (χ0v) is 13.3. The summed E-state index contributed by atoms with van der Waals surface area (Å²) in [6.07, 6.45) is 0. The minimum Gasteiger partial charge on any atom is -0.357 e. The van der Waals surface area contributed by atoms with E-state index in [0.717, 1.165) is 19.0 Å². The number of hydrogen-bond acceptors (Lipinski definition) is 2. The molecule has 0 unspecified atom stereocenters. The van der Waals surface area contributed by atoms with E-state index in [0.29, 0.717) is 19.0 Å². The molecule has 112 valence electrons. The van der Waals surface area contributed by atoms with Crippen LogP contribution in [0.4, 0.5) is 0 Å². The highest BCUT2D eigenvalue weighted by molar-refractivity contribution is 5.81. The van der Waals surface area contributed by atoms with Crippen LogP contribution in [-0.2, 0) is 4.79 Å². The van der Waals surface area contributed by atoms with Gasteiger partial charge in [0.1, 0.15) is 0 Å². The van der Waals surface area contributed by atoms with Crippen LogP contribution < -0.4 is 16.0 Å². The molecule has 0 bridgehead atoms. The van der Waals surface area contributed by atoms with Gasteiger partial charge in [0, 0.05) is 31.6 Å². The summed E-state index contributed by atoms with van der Waals surface area (Å²) in [5.41, 5.74) is -0.337. The van der Waals surface area contributed by atoms with Gasteiger partial charge >= 0.3 is 0 Å². The summed E-state index contributed by atoms with van der Waals surface area (Å²) in [6, 6.07) is 0. The van der Waals surface area contributed by atoms with Gasteiger partial charge in [0.15, 0.2) is 5.96 Å². The predicted molar refractivity (Wildman–Crippen MR) is 81.3 cm³/mol. The van der Waals surface area contributed by atoms with Gasteiger partial charge in [-0.2, -0.15) is 0 Å². The topological polar surface area (TPSA) is 65.5 Å². The van der Waals surface area contributed by atoms with Crippen LogP contribution in [0.2, 0.25) is 0 Å². The Bertz CT molecular complexity index is 292. The largest absolute Gasteiger partial charge is 0.357 e. The Morgan fingerprint density at radius 2 is 1.68 bits per heavy atom. The average molecular weight is 270 g/mol. The summed E-state index contributed by atoms with van der Waals surface area (Å²) in [4.78, 5) is 16.1. The van der Waals surface area contributed by atoms with Crippen LogP contribution in [0.5, 0.6) is 0 Å². The van der Waals surface area contributed by atoms with Gasteiger partial charge in [0.2, 0.25) is 5.91 Å². The van der Waals surface area contributed by atoms with Crippen molar-refractivity contribution in [1.82, 2.24) is 16.0 Å². The van der Waals surface area contributed by atoms with E-state index in [-0.39, 0.29) is 11.3 Å². The molecule has 1 amide bonds. The third-order valence-electron chi connectivity index (χ3n) is 2.34. The van der Waals surface area contributed by atoms with Crippen molar-refractivity contribution in [3.63, 3.8) is 0 Å². The molecule has 0 saturated heterocycles. The highest BCUT2D eigenvalue weighted by atomic mass is 16.2. The number of rotatable bonds is 6. The van der Waals surface area contributed by atoms with Gasteiger partial charge in [-0.1, -0.05) is 34.6 Å². The van der Waals surface area contributed by atoms with Gasteiger partial charge in [0.25, 0.3) is 0 Å². The van der Waals surface area contributed by atoms with Crippen LogP contribution in [0.1, 0.15) is 41.5 Å². The average Bonchev–Trinajstić information content (AvgIpc) is 2.29. The Hall–Kier alpha value is -1.26. The lowest BCUT2D eigenvalue weighted by Crippen LogP contribution is -2.43. The first-order valence-electron chi connectivity index (χ1n) is 7.07. The summed E-state index contributed by atoms with van der Waals surface area (Å²) in [7, 11) is 0. The summed E-state index contributed by atoms with van der Waals surface area (Å²) in [5.74, 6) is 1.41. The van der Waals surface area contributed by atoms with Gasteiger partial charge in [0.05, 0.1) is 0 Å². The van der Waals surface area contributed by atoms with Crippen LogP contribution in [-0.4, -0.2) is 38.0 Å². The van der Waals surface area contributed by atoms with Crippen molar-refractivity contribution >= 4 is 11.9 Å². The summed E-state index contributed by atoms with van der Waals surface area (Å²) in [6.45, 7) is 14.9. The molecule has 5 nitrogen and oxygen atoms in total. The molecule has 0 aromatic carbocycles. The van der Waals surface area contributed by atoms with Gasteiger partial charge in [-0.3, -0.25) is 9.79 Å². The van der Waals surface area contributed by atoms with E-state index in [1.165, 1.54) is 0 Å². The molecular weight excluding hydrogens is 240 g/mol. The Labute approximate surface area is 117 Å². The fraction of sp³-hybridized carbons (Fsp3) is 0.857. The number of aliphatic imine (C=N–C) groups is 1. The molecule has 0 atom stereocenters. The van der Waals surface area contributed by atoms with Gasteiger partial charge < -0.3 is 16.0 Å². The monoisotopic (exact) mass is 270 g/mol. The SMILES string of the molecule is CCNC(=NCC(C)C)NCCNC(=O)C(C)(C)C. The fourth-order valence-electron chi connectivity index (χ4n) is 1.24. The molecule has 0 heterocycles. The third kappa shape index (κ3) is 9.33. The molecular formula is C14H30N4O. The van der Waals surface area contributed by atoms with E-state index in [1.54, 1.807) is 0 Å². The van der Waals surface area contributed by atoms with Gasteiger partial charge in [-0.05, 0) is 12.8 Å². The van der Waals surface area contributed by atoms with Crippen molar-refractivity contribution in [3.8, 4) is 0 Å². The Morgan fingerprint density at radius 3 is 2.16 bits per heavy atom. The van der Waals surface area contributed by atoms with Gasteiger partial charge in [-0.25, -0.2) is 0 Å². The zero-order chi connectivity index (χ0) is 14.9. The highest BCUT2D eigenvalue weighted by Crippen LogP contribution is 2.11.